The van der Waals surface area contributed by atoms with Gasteiger partial charge in [-0.2, -0.15) is 0 Å². The van der Waals surface area contributed by atoms with Crippen LogP contribution in [0.1, 0.15) is 5.56 Å². The Labute approximate surface area is 87.8 Å². The number of hydroxylamine groups is 1. The highest BCUT2D eigenvalue weighted by Gasteiger charge is 2.02. The van der Waals surface area contributed by atoms with Crippen LogP contribution in [0.5, 0.6) is 0 Å². The van der Waals surface area contributed by atoms with E-state index in [4.69, 9.17) is 10.9 Å². The van der Waals surface area contributed by atoms with Gasteiger partial charge in [0.15, 0.2) is 0 Å². The molecule has 6 heteroatoms. The van der Waals surface area contributed by atoms with Crippen LogP contribution in [0.15, 0.2) is 30.3 Å². The third-order valence-corrected chi connectivity index (χ3v) is 1.41. The number of hydrogen-bond donors (Lipinski definition) is 3. The molecule has 1 aromatic carbocycles. The van der Waals surface area contributed by atoms with Gasteiger partial charge in [0.2, 0.25) is 0 Å². The molecule has 0 spiro atoms. The molecule has 14 heavy (non-hydrogen) atoms. The second kappa shape index (κ2) is 6.20. The van der Waals surface area contributed by atoms with Crippen LogP contribution in [0, 0.1) is 0 Å². The molecule has 0 aliphatic heterocycles. The van der Waals surface area contributed by atoms with Crippen molar-refractivity contribution in [3.63, 3.8) is 0 Å². The first kappa shape index (κ1) is 12.7. The quantitative estimate of drug-likeness (QED) is 0.658. The van der Waals surface area contributed by atoms with Crippen molar-refractivity contribution in [3.05, 3.63) is 35.9 Å². The van der Waals surface area contributed by atoms with Crippen molar-refractivity contribution in [2.75, 3.05) is 0 Å². The van der Waals surface area contributed by atoms with Crippen molar-refractivity contribution < 1.29 is 10.0 Å². The van der Waals surface area contributed by atoms with Crippen molar-refractivity contribution >= 4 is 18.4 Å². The summed E-state index contributed by atoms with van der Waals surface area (Å²) in [5.41, 5.74) is 7.69. The van der Waals surface area contributed by atoms with Crippen LogP contribution in [0.2, 0.25) is 0 Å². The van der Waals surface area contributed by atoms with E-state index in [-0.39, 0.29) is 19.0 Å². The fourth-order valence-corrected chi connectivity index (χ4v) is 0.923. The molecule has 0 fully saturated rings. The molecule has 2 amide bonds. The molecular weight excluding hydrogens is 206 g/mol. The summed E-state index contributed by atoms with van der Waals surface area (Å²) in [7, 11) is 0. The predicted octanol–water partition coefficient (Wildman–Crippen LogP) is 0.883. The van der Waals surface area contributed by atoms with Gasteiger partial charge < -0.3 is 5.73 Å². The maximum atomic E-state index is 10.3. The molecule has 0 saturated carbocycles. The number of carbonyl (C=O) groups is 1. The highest BCUT2D eigenvalue weighted by molar-refractivity contribution is 5.85. The van der Waals surface area contributed by atoms with Gasteiger partial charge in [-0.15, -0.1) is 12.4 Å². The van der Waals surface area contributed by atoms with E-state index in [1.54, 1.807) is 0 Å². The Morgan fingerprint density at radius 3 is 2.50 bits per heavy atom. The average Bonchev–Trinajstić information content (AvgIpc) is 2.04. The van der Waals surface area contributed by atoms with Gasteiger partial charge in [-0.3, -0.25) is 5.21 Å². The summed E-state index contributed by atoms with van der Waals surface area (Å²) in [5, 5.41) is 9.73. The highest BCUT2D eigenvalue weighted by atomic mass is 35.5. The molecular formula is C8H12ClN3O2. The zero-order valence-electron chi connectivity index (χ0n) is 7.38. The minimum Gasteiger partial charge on any atom is -0.350 e. The second-order valence-electron chi connectivity index (χ2n) is 2.52. The lowest BCUT2D eigenvalue weighted by molar-refractivity contribution is -0.130. The van der Waals surface area contributed by atoms with Crippen LogP contribution >= 0.6 is 12.4 Å². The van der Waals surface area contributed by atoms with Gasteiger partial charge >= 0.3 is 6.03 Å². The van der Waals surface area contributed by atoms with Crippen LogP contribution < -0.4 is 11.2 Å². The number of hydrogen-bond acceptors (Lipinski definition) is 3. The summed E-state index contributed by atoms with van der Waals surface area (Å²) in [6.07, 6.45) is 0. The Morgan fingerprint density at radius 2 is 2.00 bits per heavy atom. The minimum absolute atomic E-state index is 0. The molecule has 5 nitrogen and oxygen atoms in total. The Kier molecular flexibility index (Phi) is 5.62. The Bertz CT molecular complexity index is 281. The first-order valence-corrected chi connectivity index (χ1v) is 3.75. The number of amides is 2. The first-order chi connectivity index (χ1) is 6.18. The number of nitrogens with zero attached hydrogens (tertiary/aromatic N) is 1. The number of carbonyl (C=O) groups excluding carboxylic acids is 1. The van der Waals surface area contributed by atoms with E-state index in [0.717, 1.165) is 5.56 Å². The number of urea groups is 1. The van der Waals surface area contributed by atoms with E-state index in [9.17, 15) is 4.79 Å². The van der Waals surface area contributed by atoms with Crippen molar-refractivity contribution in [2.45, 2.75) is 6.54 Å². The lowest BCUT2D eigenvalue weighted by atomic mass is 10.2. The van der Waals surface area contributed by atoms with Gasteiger partial charge in [0.25, 0.3) is 0 Å². The van der Waals surface area contributed by atoms with Crippen molar-refractivity contribution in [1.29, 1.82) is 0 Å². The summed E-state index contributed by atoms with van der Waals surface area (Å²) in [6, 6.07) is 8.41. The molecule has 0 saturated heterocycles. The minimum atomic E-state index is -0.793. The molecule has 1 rings (SSSR count). The average molecular weight is 218 g/mol. The van der Waals surface area contributed by atoms with E-state index in [1.165, 1.54) is 0 Å². The van der Waals surface area contributed by atoms with E-state index in [0.29, 0.717) is 5.17 Å². The third-order valence-electron chi connectivity index (χ3n) is 1.41. The lowest BCUT2D eigenvalue weighted by Gasteiger charge is -2.13. The van der Waals surface area contributed by atoms with Crippen LogP contribution in [-0.2, 0) is 6.54 Å². The summed E-state index contributed by atoms with van der Waals surface area (Å²) in [5.74, 6) is 0. The molecule has 0 aromatic heterocycles. The standard InChI is InChI=1S/C8H11N3O2.ClH/c9-8(12)10-11(13)6-7-4-2-1-3-5-7;/h1-5,13H,6H2,(H3,9,10,12);1H. The SMILES string of the molecule is Cl.NC(=O)NN(O)Cc1ccccc1. The first-order valence-electron chi connectivity index (χ1n) is 3.75. The smallest absolute Gasteiger partial charge is 0.328 e. The number of hydrazine groups is 1. The number of nitrogens with one attached hydrogen (secondary N) is 1. The fourth-order valence-electron chi connectivity index (χ4n) is 0.923. The maximum Gasteiger partial charge on any atom is 0.328 e. The number of nitrogens with two attached hydrogens (primary N) is 1. The molecule has 78 valence electrons. The highest BCUT2D eigenvalue weighted by Crippen LogP contribution is 1.99. The molecule has 0 unspecified atom stereocenters. The molecule has 0 radical (unpaired) electrons. The summed E-state index contributed by atoms with van der Waals surface area (Å²) < 4.78 is 0. The van der Waals surface area contributed by atoms with Gasteiger partial charge in [-0.25, -0.2) is 10.2 Å². The summed E-state index contributed by atoms with van der Waals surface area (Å²) in [4.78, 5) is 10.3. The number of halogens is 1. The van der Waals surface area contributed by atoms with Crippen LogP contribution in [0.4, 0.5) is 4.79 Å². The molecule has 0 aliphatic rings. The predicted molar refractivity (Wildman–Crippen MR) is 53.7 cm³/mol. The number of primary amides is 1. The molecule has 1 aromatic rings. The summed E-state index contributed by atoms with van der Waals surface area (Å²) >= 11 is 0. The summed E-state index contributed by atoms with van der Waals surface area (Å²) in [6.45, 7) is 0.198. The molecule has 0 atom stereocenters. The van der Waals surface area contributed by atoms with Crippen molar-refractivity contribution in [3.8, 4) is 0 Å². The number of benzene rings is 1. The monoisotopic (exact) mass is 217 g/mol. The fraction of sp³-hybridized carbons (Fsp3) is 0.125. The zero-order valence-corrected chi connectivity index (χ0v) is 8.20. The third kappa shape index (κ3) is 4.66. The maximum absolute atomic E-state index is 10.3. The van der Waals surface area contributed by atoms with Gasteiger partial charge in [0, 0.05) is 0 Å². The molecule has 4 N–H and O–H groups in total. The normalized spacial score (nSPS) is 9.29. The Balaban J connectivity index is 0.00000169. The zero-order chi connectivity index (χ0) is 9.68. The van der Waals surface area contributed by atoms with Gasteiger partial charge in [-0.05, 0) is 5.56 Å². The van der Waals surface area contributed by atoms with E-state index < -0.39 is 6.03 Å². The molecule has 0 bridgehead atoms. The van der Waals surface area contributed by atoms with Gasteiger partial charge in [-0.1, -0.05) is 35.5 Å². The largest absolute Gasteiger partial charge is 0.350 e. The van der Waals surface area contributed by atoms with E-state index in [1.807, 2.05) is 35.8 Å². The van der Waals surface area contributed by atoms with Crippen LogP contribution in [0.25, 0.3) is 0 Å². The van der Waals surface area contributed by atoms with E-state index in [2.05, 4.69) is 0 Å². The van der Waals surface area contributed by atoms with Crippen LogP contribution in [-0.4, -0.2) is 16.4 Å². The van der Waals surface area contributed by atoms with Gasteiger partial charge in [0.05, 0.1) is 6.54 Å². The lowest BCUT2D eigenvalue weighted by Crippen LogP contribution is -2.42. The van der Waals surface area contributed by atoms with E-state index >= 15 is 0 Å². The van der Waals surface area contributed by atoms with Crippen molar-refractivity contribution in [2.24, 2.45) is 5.73 Å². The Morgan fingerprint density at radius 1 is 1.43 bits per heavy atom. The van der Waals surface area contributed by atoms with Crippen molar-refractivity contribution in [1.82, 2.24) is 10.6 Å². The molecule has 0 aliphatic carbocycles. The second-order valence-corrected chi connectivity index (χ2v) is 2.52. The topological polar surface area (TPSA) is 78.6 Å². The van der Waals surface area contributed by atoms with Gasteiger partial charge in [0.1, 0.15) is 0 Å². The molecule has 0 heterocycles. The number of rotatable bonds is 3. The Hall–Kier alpha value is -1.30. The van der Waals surface area contributed by atoms with Crippen LogP contribution in [0.3, 0.4) is 0 Å².